The van der Waals surface area contributed by atoms with E-state index in [0.717, 1.165) is 27.9 Å². The SMILES string of the molecule is COc1ccc(F)cc1-c1c2c(nn1C)CN(C(=O)c1ccc3ncccc3c1)CC2. The quantitative estimate of drug-likeness (QED) is 0.507. The number of aryl methyl sites for hydroxylation is 1. The van der Waals surface area contributed by atoms with Crippen LogP contribution in [-0.2, 0) is 20.0 Å². The van der Waals surface area contributed by atoms with Crippen molar-refractivity contribution in [2.75, 3.05) is 13.7 Å². The van der Waals surface area contributed by atoms with Gasteiger partial charge in [-0.1, -0.05) is 6.07 Å². The van der Waals surface area contributed by atoms with Crippen molar-refractivity contribution in [3.8, 4) is 17.0 Å². The number of hydrogen-bond acceptors (Lipinski definition) is 4. The molecular formula is C24H21FN4O2. The fourth-order valence-corrected chi connectivity index (χ4v) is 4.29. The summed E-state index contributed by atoms with van der Waals surface area (Å²) in [5.41, 5.74) is 4.84. The van der Waals surface area contributed by atoms with Gasteiger partial charge < -0.3 is 9.64 Å². The van der Waals surface area contributed by atoms with Gasteiger partial charge in [-0.3, -0.25) is 14.5 Å². The Morgan fingerprint density at radius 1 is 1.16 bits per heavy atom. The van der Waals surface area contributed by atoms with Crippen molar-refractivity contribution < 1.29 is 13.9 Å². The minimum absolute atomic E-state index is 0.0352. The largest absolute Gasteiger partial charge is 0.496 e. The van der Waals surface area contributed by atoms with Gasteiger partial charge in [0.15, 0.2) is 0 Å². The number of methoxy groups -OCH3 is 1. The molecule has 31 heavy (non-hydrogen) atoms. The van der Waals surface area contributed by atoms with Crippen LogP contribution in [-0.4, -0.2) is 39.2 Å². The van der Waals surface area contributed by atoms with Crippen molar-refractivity contribution in [2.45, 2.75) is 13.0 Å². The van der Waals surface area contributed by atoms with Crippen LogP contribution in [0.5, 0.6) is 5.75 Å². The number of aromatic nitrogens is 3. The lowest BCUT2D eigenvalue weighted by Crippen LogP contribution is -2.36. The summed E-state index contributed by atoms with van der Waals surface area (Å²) in [6.07, 6.45) is 2.38. The number of carbonyl (C=O) groups is 1. The predicted octanol–water partition coefficient (Wildman–Crippen LogP) is 3.98. The molecule has 2 aromatic carbocycles. The molecule has 2 aromatic heterocycles. The second kappa shape index (κ2) is 7.50. The van der Waals surface area contributed by atoms with E-state index in [2.05, 4.69) is 10.1 Å². The normalized spacial score (nSPS) is 13.3. The van der Waals surface area contributed by atoms with Crippen LogP contribution in [0.3, 0.4) is 0 Å². The van der Waals surface area contributed by atoms with Crippen LogP contribution >= 0.6 is 0 Å². The molecule has 1 aliphatic heterocycles. The van der Waals surface area contributed by atoms with Crippen molar-refractivity contribution in [3.05, 3.63) is 77.4 Å². The van der Waals surface area contributed by atoms with Gasteiger partial charge in [-0.25, -0.2) is 4.39 Å². The van der Waals surface area contributed by atoms with Crippen LogP contribution in [0, 0.1) is 5.82 Å². The topological polar surface area (TPSA) is 60.2 Å². The average molecular weight is 416 g/mol. The Morgan fingerprint density at radius 3 is 2.87 bits per heavy atom. The number of nitrogens with zero attached hydrogens (tertiary/aromatic N) is 4. The van der Waals surface area contributed by atoms with Crippen LogP contribution < -0.4 is 4.74 Å². The first kappa shape index (κ1) is 19.2. The first-order valence-corrected chi connectivity index (χ1v) is 10.1. The lowest BCUT2D eigenvalue weighted by Gasteiger charge is -2.27. The van der Waals surface area contributed by atoms with Gasteiger partial charge in [-0.05, 0) is 48.9 Å². The van der Waals surface area contributed by atoms with E-state index < -0.39 is 0 Å². The molecule has 1 amide bonds. The summed E-state index contributed by atoms with van der Waals surface area (Å²) >= 11 is 0. The van der Waals surface area contributed by atoms with Crippen LogP contribution in [0.15, 0.2) is 54.7 Å². The van der Waals surface area contributed by atoms with Crippen molar-refractivity contribution >= 4 is 16.8 Å². The van der Waals surface area contributed by atoms with E-state index in [1.54, 1.807) is 29.0 Å². The molecule has 156 valence electrons. The van der Waals surface area contributed by atoms with Gasteiger partial charge in [-0.2, -0.15) is 5.10 Å². The van der Waals surface area contributed by atoms with E-state index in [0.29, 0.717) is 36.4 Å². The van der Waals surface area contributed by atoms with E-state index in [-0.39, 0.29) is 11.7 Å². The van der Waals surface area contributed by atoms with Gasteiger partial charge in [0.2, 0.25) is 0 Å². The average Bonchev–Trinajstić information content (AvgIpc) is 3.12. The predicted molar refractivity (Wildman–Crippen MR) is 115 cm³/mol. The van der Waals surface area contributed by atoms with E-state index in [9.17, 15) is 9.18 Å². The van der Waals surface area contributed by atoms with Crippen molar-refractivity contribution in [2.24, 2.45) is 7.05 Å². The fourth-order valence-electron chi connectivity index (χ4n) is 4.29. The monoisotopic (exact) mass is 416 g/mol. The zero-order chi connectivity index (χ0) is 21.5. The second-order valence-corrected chi connectivity index (χ2v) is 7.63. The van der Waals surface area contributed by atoms with Gasteiger partial charge in [-0.15, -0.1) is 0 Å². The Morgan fingerprint density at radius 2 is 2.03 bits per heavy atom. The number of pyridine rings is 1. The fraction of sp³-hybridized carbons (Fsp3) is 0.208. The molecule has 4 aromatic rings. The second-order valence-electron chi connectivity index (χ2n) is 7.63. The summed E-state index contributed by atoms with van der Waals surface area (Å²) in [7, 11) is 3.40. The summed E-state index contributed by atoms with van der Waals surface area (Å²) in [5.74, 6) is 0.228. The highest BCUT2D eigenvalue weighted by atomic mass is 19.1. The number of rotatable bonds is 3. The molecule has 0 unspecified atom stereocenters. The summed E-state index contributed by atoms with van der Waals surface area (Å²) in [6, 6.07) is 13.8. The van der Waals surface area contributed by atoms with Gasteiger partial charge in [0, 0.05) is 41.9 Å². The molecule has 0 radical (unpaired) electrons. The zero-order valence-electron chi connectivity index (χ0n) is 17.3. The standard InChI is InChI=1S/C24H21FN4O2/c1-28-23(19-13-17(25)6-8-22(19)31-2)18-9-11-29(14-21(18)27-28)24(30)16-5-7-20-15(12-16)4-3-10-26-20/h3-8,10,12-13H,9,11,14H2,1-2H3. The van der Waals surface area contributed by atoms with E-state index in [4.69, 9.17) is 4.74 Å². The Balaban J connectivity index is 1.47. The molecule has 0 bridgehead atoms. The lowest BCUT2D eigenvalue weighted by molar-refractivity contribution is 0.0732. The number of amides is 1. The lowest BCUT2D eigenvalue weighted by atomic mass is 9.98. The van der Waals surface area contributed by atoms with Gasteiger partial charge in [0.05, 0.1) is 30.6 Å². The molecule has 3 heterocycles. The van der Waals surface area contributed by atoms with Crippen LogP contribution in [0.1, 0.15) is 21.6 Å². The molecule has 0 fully saturated rings. The summed E-state index contributed by atoms with van der Waals surface area (Å²) < 4.78 is 21.2. The first-order valence-electron chi connectivity index (χ1n) is 10.1. The molecule has 7 heteroatoms. The Labute approximate surface area is 178 Å². The molecule has 0 atom stereocenters. The molecule has 0 spiro atoms. The van der Waals surface area contributed by atoms with Crippen LogP contribution in [0.4, 0.5) is 4.39 Å². The third-order valence-electron chi connectivity index (χ3n) is 5.75. The van der Waals surface area contributed by atoms with Gasteiger partial charge in [0.1, 0.15) is 11.6 Å². The van der Waals surface area contributed by atoms with Gasteiger partial charge >= 0.3 is 0 Å². The third-order valence-corrected chi connectivity index (χ3v) is 5.75. The van der Waals surface area contributed by atoms with Crippen LogP contribution in [0.25, 0.3) is 22.2 Å². The smallest absolute Gasteiger partial charge is 0.254 e. The third kappa shape index (κ3) is 3.32. The summed E-state index contributed by atoms with van der Waals surface area (Å²) in [4.78, 5) is 19.3. The molecule has 0 saturated heterocycles. The maximum absolute atomic E-state index is 14.0. The zero-order valence-corrected chi connectivity index (χ0v) is 17.3. The summed E-state index contributed by atoms with van der Waals surface area (Å²) in [6.45, 7) is 0.970. The maximum Gasteiger partial charge on any atom is 0.254 e. The maximum atomic E-state index is 14.0. The Hall–Kier alpha value is -3.74. The van der Waals surface area contributed by atoms with Crippen molar-refractivity contribution in [1.29, 1.82) is 0 Å². The number of hydrogen-bond donors (Lipinski definition) is 0. The molecule has 0 saturated carbocycles. The highest BCUT2D eigenvalue weighted by molar-refractivity contribution is 5.98. The van der Waals surface area contributed by atoms with Gasteiger partial charge in [0.25, 0.3) is 5.91 Å². The highest BCUT2D eigenvalue weighted by Gasteiger charge is 2.28. The van der Waals surface area contributed by atoms with Crippen LogP contribution in [0.2, 0.25) is 0 Å². The minimum atomic E-state index is -0.329. The number of halogens is 1. The number of benzene rings is 2. The highest BCUT2D eigenvalue weighted by Crippen LogP contribution is 2.36. The first-order chi connectivity index (χ1) is 15.0. The van der Waals surface area contributed by atoms with E-state index in [1.165, 1.54) is 12.1 Å². The van der Waals surface area contributed by atoms with E-state index in [1.807, 2.05) is 37.4 Å². The summed E-state index contributed by atoms with van der Waals surface area (Å²) in [5, 5.41) is 5.58. The molecule has 1 aliphatic rings. The number of ether oxygens (including phenoxy) is 1. The van der Waals surface area contributed by atoms with Crippen molar-refractivity contribution in [1.82, 2.24) is 19.7 Å². The number of fused-ring (bicyclic) bond motifs is 2. The van der Waals surface area contributed by atoms with E-state index >= 15 is 0 Å². The Kier molecular flexibility index (Phi) is 4.66. The molecule has 6 nitrogen and oxygen atoms in total. The molecule has 0 N–H and O–H groups in total. The number of carbonyl (C=O) groups excluding carboxylic acids is 1. The molecule has 0 aliphatic carbocycles. The van der Waals surface area contributed by atoms with Crippen molar-refractivity contribution in [3.63, 3.8) is 0 Å². The molecule has 5 rings (SSSR count). The molecular weight excluding hydrogens is 395 g/mol. The Bertz CT molecular complexity index is 1310. The minimum Gasteiger partial charge on any atom is -0.496 e.